The van der Waals surface area contributed by atoms with Crippen LogP contribution in [0.2, 0.25) is 0 Å². The molecule has 2 heterocycles. The molecule has 0 spiro atoms. The molecular formula is C23H25N3O4S. The van der Waals surface area contributed by atoms with Gasteiger partial charge in [-0.05, 0) is 50.1 Å². The maximum Gasteiger partial charge on any atom is 0.338 e. The standard InChI is InChI=1S/C23H25N3O4S/c1-17-22(25-21-12-5-4-11-20(21)24-17)16-30-23(27)18-9-8-10-19(15-18)31(28,29)26-13-6-2-3-7-14-26/h4-5,8-12,15H,2-3,6-7,13-14,16H2,1H3. The van der Waals surface area contributed by atoms with Gasteiger partial charge in [0.05, 0.1) is 32.9 Å². The first-order valence-electron chi connectivity index (χ1n) is 10.4. The lowest BCUT2D eigenvalue weighted by Crippen LogP contribution is -2.32. The minimum absolute atomic E-state index is 0.0361. The summed E-state index contributed by atoms with van der Waals surface area (Å²) in [6.07, 6.45) is 3.78. The average Bonchev–Trinajstić information content (AvgIpc) is 3.08. The first-order chi connectivity index (χ1) is 14.9. The van der Waals surface area contributed by atoms with E-state index in [-0.39, 0.29) is 17.1 Å². The van der Waals surface area contributed by atoms with Gasteiger partial charge in [0.2, 0.25) is 10.0 Å². The van der Waals surface area contributed by atoms with Gasteiger partial charge in [-0.25, -0.2) is 23.2 Å². The van der Waals surface area contributed by atoms with Gasteiger partial charge in [0.15, 0.2) is 0 Å². The minimum Gasteiger partial charge on any atom is -0.456 e. The van der Waals surface area contributed by atoms with Gasteiger partial charge in [-0.1, -0.05) is 31.0 Å². The van der Waals surface area contributed by atoms with Crippen molar-refractivity contribution in [3.63, 3.8) is 0 Å². The van der Waals surface area contributed by atoms with Gasteiger partial charge in [-0.15, -0.1) is 0 Å². The Morgan fingerprint density at radius 2 is 1.65 bits per heavy atom. The van der Waals surface area contributed by atoms with E-state index in [1.807, 2.05) is 31.2 Å². The van der Waals surface area contributed by atoms with E-state index in [0.717, 1.165) is 36.7 Å². The van der Waals surface area contributed by atoms with Crippen molar-refractivity contribution in [1.82, 2.24) is 14.3 Å². The summed E-state index contributed by atoms with van der Waals surface area (Å²) in [4.78, 5) is 21.8. The second kappa shape index (κ2) is 9.11. The molecule has 0 N–H and O–H groups in total. The van der Waals surface area contributed by atoms with E-state index < -0.39 is 16.0 Å². The molecule has 4 rings (SSSR count). The van der Waals surface area contributed by atoms with Crippen LogP contribution in [0.25, 0.3) is 11.0 Å². The highest BCUT2D eigenvalue weighted by atomic mass is 32.2. The molecule has 3 aromatic rings. The Hall–Kier alpha value is -2.84. The number of benzene rings is 2. The van der Waals surface area contributed by atoms with E-state index in [4.69, 9.17) is 4.74 Å². The van der Waals surface area contributed by atoms with E-state index >= 15 is 0 Å². The van der Waals surface area contributed by atoms with Crippen LogP contribution in [0.3, 0.4) is 0 Å². The van der Waals surface area contributed by atoms with Crippen LogP contribution in [0.1, 0.15) is 47.4 Å². The molecule has 0 radical (unpaired) electrons. The summed E-state index contributed by atoms with van der Waals surface area (Å²) in [5, 5.41) is 0. The van der Waals surface area contributed by atoms with Crippen LogP contribution in [-0.4, -0.2) is 41.7 Å². The van der Waals surface area contributed by atoms with Crippen molar-refractivity contribution >= 4 is 27.0 Å². The number of para-hydroxylation sites is 2. The Kier molecular flexibility index (Phi) is 6.29. The third kappa shape index (κ3) is 4.75. The van der Waals surface area contributed by atoms with Gasteiger partial charge >= 0.3 is 5.97 Å². The maximum atomic E-state index is 13.0. The Balaban J connectivity index is 1.50. The summed E-state index contributed by atoms with van der Waals surface area (Å²) < 4.78 is 33.0. The van der Waals surface area contributed by atoms with Crippen LogP contribution in [0, 0.1) is 6.92 Å². The normalized spacial score (nSPS) is 15.5. The predicted octanol–water partition coefficient (Wildman–Crippen LogP) is 3.86. The second-order valence-corrected chi connectivity index (χ2v) is 9.60. The van der Waals surface area contributed by atoms with Gasteiger partial charge in [-0.3, -0.25) is 0 Å². The van der Waals surface area contributed by atoms with Crippen LogP contribution in [0.4, 0.5) is 0 Å². The third-order valence-electron chi connectivity index (χ3n) is 5.46. The lowest BCUT2D eigenvalue weighted by molar-refractivity contribution is 0.0466. The lowest BCUT2D eigenvalue weighted by atomic mass is 10.2. The van der Waals surface area contributed by atoms with Crippen molar-refractivity contribution in [3.8, 4) is 0 Å². The molecule has 0 bridgehead atoms. The summed E-state index contributed by atoms with van der Waals surface area (Å²) in [5.74, 6) is -0.595. The van der Waals surface area contributed by atoms with Gasteiger partial charge < -0.3 is 4.74 Å². The van der Waals surface area contributed by atoms with Gasteiger partial charge in [0, 0.05) is 13.1 Å². The van der Waals surface area contributed by atoms with Crippen LogP contribution in [0.5, 0.6) is 0 Å². The van der Waals surface area contributed by atoms with E-state index in [2.05, 4.69) is 9.97 Å². The molecule has 0 unspecified atom stereocenters. The molecule has 7 nitrogen and oxygen atoms in total. The van der Waals surface area contributed by atoms with E-state index in [1.54, 1.807) is 12.1 Å². The molecule has 162 valence electrons. The molecule has 2 aromatic carbocycles. The summed E-state index contributed by atoms with van der Waals surface area (Å²) in [7, 11) is -3.64. The number of nitrogens with zero attached hydrogens (tertiary/aromatic N) is 3. The maximum absolute atomic E-state index is 13.0. The van der Waals surface area contributed by atoms with Crippen LogP contribution >= 0.6 is 0 Å². The number of fused-ring (bicyclic) bond motifs is 1. The number of ether oxygens (including phenoxy) is 1. The topological polar surface area (TPSA) is 89.5 Å². The molecule has 0 aliphatic carbocycles. The van der Waals surface area contributed by atoms with Crippen molar-refractivity contribution in [1.29, 1.82) is 0 Å². The van der Waals surface area contributed by atoms with Crippen molar-refractivity contribution in [2.45, 2.75) is 44.1 Å². The van der Waals surface area contributed by atoms with E-state index in [1.165, 1.54) is 16.4 Å². The number of esters is 1. The Morgan fingerprint density at radius 1 is 0.968 bits per heavy atom. The first-order valence-corrected chi connectivity index (χ1v) is 11.9. The highest BCUT2D eigenvalue weighted by Gasteiger charge is 2.26. The van der Waals surface area contributed by atoms with Crippen molar-refractivity contribution in [2.24, 2.45) is 0 Å². The molecule has 1 aliphatic heterocycles. The lowest BCUT2D eigenvalue weighted by Gasteiger charge is -2.20. The fourth-order valence-electron chi connectivity index (χ4n) is 3.69. The molecule has 8 heteroatoms. The van der Waals surface area contributed by atoms with Gasteiger partial charge in [0.1, 0.15) is 6.61 Å². The highest BCUT2D eigenvalue weighted by Crippen LogP contribution is 2.22. The van der Waals surface area contributed by atoms with E-state index in [0.29, 0.717) is 24.5 Å². The SMILES string of the molecule is Cc1nc2ccccc2nc1COC(=O)c1cccc(S(=O)(=O)N2CCCCCC2)c1. The zero-order valence-corrected chi connectivity index (χ0v) is 18.3. The predicted molar refractivity (Wildman–Crippen MR) is 117 cm³/mol. The zero-order valence-electron chi connectivity index (χ0n) is 17.5. The number of carbonyl (C=O) groups is 1. The molecule has 31 heavy (non-hydrogen) atoms. The van der Waals surface area contributed by atoms with Gasteiger partial charge in [0.25, 0.3) is 0 Å². The number of hydrogen-bond acceptors (Lipinski definition) is 6. The number of rotatable bonds is 5. The summed E-state index contributed by atoms with van der Waals surface area (Å²) >= 11 is 0. The zero-order chi connectivity index (χ0) is 21.8. The quantitative estimate of drug-likeness (QED) is 0.561. The Morgan fingerprint density at radius 3 is 2.35 bits per heavy atom. The Bertz CT molecular complexity index is 1200. The minimum atomic E-state index is -3.64. The second-order valence-electron chi connectivity index (χ2n) is 7.67. The first kappa shape index (κ1) is 21.4. The van der Waals surface area contributed by atoms with Gasteiger partial charge in [-0.2, -0.15) is 4.31 Å². The number of carbonyl (C=O) groups excluding carboxylic acids is 1. The fraction of sp³-hybridized carbons (Fsp3) is 0.348. The fourth-order valence-corrected chi connectivity index (χ4v) is 5.26. The van der Waals surface area contributed by atoms with Crippen molar-refractivity contribution in [3.05, 3.63) is 65.5 Å². The molecule has 0 saturated carbocycles. The molecule has 1 aromatic heterocycles. The summed E-state index contributed by atoms with van der Waals surface area (Å²) in [6, 6.07) is 13.5. The largest absolute Gasteiger partial charge is 0.456 e. The molecule has 1 saturated heterocycles. The smallest absolute Gasteiger partial charge is 0.338 e. The van der Waals surface area contributed by atoms with E-state index in [9.17, 15) is 13.2 Å². The summed E-state index contributed by atoms with van der Waals surface area (Å²) in [6.45, 7) is 2.80. The highest BCUT2D eigenvalue weighted by molar-refractivity contribution is 7.89. The van der Waals surface area contributed by atoms with Crippen molar-refractivity contribution < 1.29 is 17.9 Å². The van der Waals surface area contributed by atoms with Crippen molar-refractivity contribution in [2.75, 3.05) is 13.1 Å². The molecule has 0 amide bonds. The third-order valence-corrected chi connectivity index (χ3v) is 7.35. The number of sulfonamides is 1. The Labute approximate surface area is 182 Å². The number of aromatic nitrogens is 2. The van der Waals surface area contributed by atoms with Crippen LogP contribution in [-0.2, 0) is 21.4 Å². The number of aryl methyl sites for hydroxylation is 1. The number of hydrogen-bond donors (Lipinski definition) is 0. The van der Waals surface area contributed by atoms with Crippen LogP contribution in [0.15, 0.2) is 53.4 Å². The summed E-state index contributed by atoms with van der Waals surface area (Å²) in [5.41, 5.74) is 2.96. The van der Waals surface area contributed by atoms with Crippen LogP contribution < -0.4 is 0 Å². The average molecular weight is 440 g/mol. The molecule has 1 aliphatic rings. The molecule has 0 atom stereocenters. The molecule has 1 fully saturated rings. The molecular weight excluding hydrogens is 414 g/mol. The monoisotopic (exact) mass is 439 g/mol.